The molecule has 0 aromatic heterocycles. The zero-order valence-corrected chi connectivity index (χ0v) is 17.4. The van der Waals surface area contributed by atoms with E-state index in [1.165, 1.54) is 0 Å². The number of nitrogens with zero attached hydrogens (tertiary/aromatic N) is 1. The number of oxime groups is 1. The van der Waals surface area contributed by atoms with Crippen molar-refractivity contribution in [2.24, 2.45) is 17.0 Å². The molecule has 0 amide bonds. The average Bonchev–Trinajstić information content (AvgIpc) is 2.66. The molecule has 0 radical (unpaired) electrons. The lowest BCUT2D eigenvalue weighted by Crippen LogP contribution is -2.30. The maximum atomic E-state index is 13.2. The molecule has 0 fully saturated rings. The number of ether oxygens (including phenoxy) is 1. The molecule has 0 aliphatic heterocycles. The number of hydrogen-bond donors (Lipinski definition) is 0. The monoisotopic (exact) mass is 385 g/mol. The zero-order chi connectivity index (χ0) is 20.5. The first-order chi connectivity index (χ1) is 13.5. The van der Waals surface area contributed by atoms with Gasteiger partial charge >= 0.3 is 5.97 Å². The number of esters is 1. The molecular formula is C23H31NO4. The molecule has 2 rings (SSSR count). The maximum absolute atomic E-state index is 13.2. The Morgan fingerprint density at radius 3 is 2.54 bits per heavy atom. The van der Waals surface area contributed by atoms with Crippen LogP contribution in [0.1, 0.15) is 58.9 Å². The molecule has 1 aliphatic carbocycles. The largest absolute Gasteiger partial charge is 0.430 e. The summed E-state index contributed by atoms with van der Waals surface area (Å²) in [4.78, 5) is 30.9. The number of Topliss-reactive ketones (excluding diaryl/α,β-unsaturated/α-hetero) is 1. The molecular weight excluding hydrogens is 354 g/mol. The summed E-state index contributed by atoms with van der Waals surface area (Å²) in [7, 11) is 0. The van der Waals surface area contributed by atoms with E-state index >= 15 is 0 Å². The molecule has 5 nitrogen and oxygen atoms in total. The summed E-state index contributed by atoms with van der Waals surface area (Å²) >= 11 is 0. The first kappa shape index (κ1) is 21.9. The summed E-state index contributed by atoms with van der Waals surface area (Å²) < 4.78 is 5.68. The minimum absolute atomic E-state index is 0.0164. The van der Waals surface area contributed by atoms with Crippen LogP contribution in [0.3, 0.4) is 0 Å². The van der Waals surface area contributed by atoms with Crippen LogP contribution in [0.25, 0.3) is 0 Å². The van der Waals surface area contributed by atoms with Gasteiger partial charge in [-0.3, -0.25) is 9.59 Å². The Kier molecular flexibility index (Phi) is 8.42. The van der Waals surface area contributed by atoms with Crippen LogP contribution in [0, 0.1) is 11.8 Å². The van der Waals surface area contributed by atoms with E-state index in [2.05, 4.69) is 19.0 Å². The quantitative estimate of drug-likeness (QED) is 0.346. The van der Waals surface area contributed by atoms with Gasteiger partial charge in [0.15, 0.2) is 5.78 Å². The zero-order valence-electron chi connectivity index (χ0n) is 17.4. The Bertz CT molecular complexity index is 734. The first-order valence-electron chi connectivity index (χ1n) is 10.2. The smallest absolute Gasteiger partial charge is 0.315 e. The van der Waals surface area contributed by atoms with Gasteiger partial charge < -0.3 is 9.57 Å². The van der Waals surface area contributed by atoms with E-state index in [9.17, 15) is 9.59 Å². The van der Waals surface area contributed by atoms with Gasteiger partial charge in [0.25, 0.3) is 0 Å². The second-order valence-corrected chi connectivity index (χ2v) is 7.47. The van der Waals surface area contributed by atoms with Gasteiger partial charge in [0, 0.05) is 12.3 Å². The Morgan fingerprint density at radius 2 is 1.93 bits per heavy atom. The molecule has 0 saturated heterocycles. The molecule has 1 aliphatic rings. The van der Waals surface area contributed by atoms with E-state index < -0.39 is 0 Å². The lowest BCUT2D eigenvalue weighted by Gasteiger charge is -2.27. The van der Waals surface area contributed by atoms with Crippen LogP contribution in [0.5, 0.6) is 0 Å². The molecule has 1 atom stereocenters. The van der Waals surface area contributed by atoms with Crippen LogP contribution in [0.4, 0.5) is 0 Å². The predicted molar refractivity (Wildman–Crippen MR) is 110 cm³/mol. The van der Waals surface area contributed by atoms with Gasteiger partial charge in [-0.2, -0.15) is 0 Å². The van der Waals surface area contributed by atoms with Gasteiger partial charge in [-0.25, -0.2) is 0 Å². The lowest BCUT2D eigenvalue weighted by molar-refractivity contribution is -0.139. The van der Waals surface area contributed by atoms with Crippen molar-refractivity contribution in [1.82, 2.24) is 0 Å². The van der Waals surface area contributed by atoms with Gasteiger partial charge in [-0.05, 0) is 37.7 Å². The second kappa shape index (κ2) is 10.8. The molecule has 0 bridgehead atoms. The second-order valence-electron chi connectivity index (χ2n) is 7.47. The topological polar surface area (TPSA) is 65.0 Å². The van der Waals surface area contributed by atoms with E-state index in [4.69, 9.17) is 9.57 Å². The van der Waals surface area contributed by atoms with Crippen LogP contribution in [0.15, 0.2) is 46.8 Å². The number of carbonyl (C=O) groups excluding carboxylic acids is 2. The van der Waals surface area contributed by atoms with Crippen LogP contribution in [-0.2, 0) is 25.6 Å². The Balaban J connectivity index is 2.29. The average molecular weight is 386 g/mol. The Labute approximate surface area is 167 Å². The molecule has 28 heavy (non-hydrogen) atoms. The van der Waals surface area contributed by atoms with Crippen molar-refractivity contribution in [1.29, 1.82) is 0 Å². The van der Waals surface area contributed by atoms with E-state index in [1.807, 2.05) is 44.2 Å². The Morgan fingerprint density at radius 1 is 1.21 bits per heavy atom. The van der Waals surface area contributed by atoms with Gasteiger partial charge in [0.1, 0.15) is 12.4 Å². The highest BCUT2D eigenvalue weighted by Crippen LogP contribution is 2.33. The van der Waals surface area contributed by atoms with E-state index in [1.54, 1.807) is 0 Å². The number of ketones is 1. The Hall–Kier alpha value is -2.43. The van der Waals surface area contributed by atoms with Crippen molar-refractivity contribution in [3.8, 4) is 0 Å². The highest BCUT2D eigenvalue weighted by molar-refractivity contribution is 6.23. The molecule has 0 spiro atoms. The van der Waals surface area contributed by atoms with Crippen molar-refractivity contribution in [2.45, 2.75) is 59.8 Å². The molecule has 152 valence electrons. The third-order valence-corrected chi connectivity index (χ3v) is 4.73. The van der Waals surface area contributed by atoms with Gasteiger partial charge in [-0.15, -0.1) is 0 Å². The van der Waals surface area contributed by atoms with E-state index in [0.29, 0.717) is 48.8 Å². The SMILES string of the molecule is CCON=C(CC)C1=C(OC(=O)Cc2ccccc2)CCC(CC(C)C)C1=O. The molecule has 5 heteroatoms. The molecule has 0 heterocycles. The highest BCUT2D eigenvalue weighted by Gasteiger charge is 2.34. The standard InChI is InChI=1S/C23H31NO4/c1-5-19(24-27-6-2)22-20(13-12-18(23(22)26)14-16(3)4)28-21(25)15-17-10-8-7-9-11-17/h7-11,16,18H,5-6,12-15H2,1-4H3. The number of allylic oxidation sites excluding steroid dienone is 2. The van der Waals surface area contributed by atoms with Crippen LogP contribution < -0.4 is 0 Å². The van der Waals surface area contributed by atoms with Crippen molar-refractivity contribution in [3.63, 3.8) is 0 Å². The number of benzene rings is 1. The minimum Gasteiger partial charge on any atom is -0.430 e. The number of rotatable bonds is 9. The van der Waals surface area contributed by atoms with Crippen molar-refractivity contribution < 1.29 is 19.2 Å². The molecule has 0 N–H and O–H groups in total. The summed E-state index contributed by atoms with van der Waals surface area (Å²) in [6.45, 7) is 8.41. The van der Waals surface area contributed by atoms with E-state index in [0.717, 1.165) is 12.0 Å². The summed E-state index contributed by atoms with van der Waals surface area (Å²) in [5.74, 6) is 0.450. The fraction of sp³-hybridized carbons (Fsp3) is 0.522. The number of carbonyl (C=O) groups is 2. The minimum atomic E-state index is -0.360. The van der Waals surface area contributed by atoms with Gasteiger partial charge in [0.05, 0.1) is 17.7 Å². The third-order valence-electron chi connectivity index (χ3n) is 4.73. The third kappa shape index (κ3) is 6.04. The number of hydrogen-bond acceptors (Lipinski definition) is 5. The van der Waals surface area contributed by atoms with Crippen LogP contribution in [-0.4, -0.2) is 24.1 Å². The van der Waals surface area contributed by atoms with Crippen molar-refractivity contribution >= 4 is 17.5 Å². The fourth-order valence-corrected chi connectivity index (χ4v) is 3.47. The summed E-state index contributed by atoms with van der Waals surface area (Å²) in [6.07, 6.45) is 2.78. The predicted octanol–water partition coefficient (Wildman–Crippen LogP) is 4.85. The molecule has 1 unspecified atom stereocenters. The fourth-order valence-electron chi connectivity index (χ4n) is 3.47. The van der Waals surface area contributed by atoms with Gasteiger partial charge in [0.2, 0.25) is 0 Å². The maximum Gasteiger partial charge on any atom is 0.315 e. The van der Waals surface area contributed by atoms with Crippen molar-refractivity contribution in [3.05, 3.63) is 47.2 Å². The normalized spacial score (nSPS) is 17.8. The first-order valence-corrected chi connectivity index (χ1v) is 10.2. The van der Waals surface area contributed by atoms with Gasteiger partial charge in [-0.1, -0.05) is 56.3 Å². The summed E-state index contributed by atoms with van der Waals surface area (Å²) in [5.41, 5.74) is 1.88. The molecule has 1 aromatic carbocycles. The lowest BCUT2D eigenvalue weighted by atomic mass is 9.79. The van der Waals surface area contributed by atoms with E-state index in [-0.39, 0.29) is 24.1 Å². The summed E-state index contributed by atoms with van der Waals surface area (Å²) in [5, 5.41) is 4.14. The van der Waals surface area contributed by atoms with Crippen molar-refractivity contribution in [2.75, 3.05) is 6.61 Å². The molecule has 0 saturated carbocycles. The van der Waals surface area contributed by atoms with Crippen LogP contribution in [0.2, 0.25) is 0 Å². The molecule has 1 aromatic rings. The summed E-state index contributed by atoms with van der Waals surface area (Å²) in [6, 6.07) is 9.45. The van der Waals surface area contributed by atoms with Crippen LogP contribution >= 0.6 is 0 Å². The highest BCUT2D eigenvalue weighted by atomic mass is 16.6.